The van der Waals surface area contributed by atoms with E-state index >= 15 is 0 Å². The van der Waals surface area contributed by atoms with Crippen LogP contribution in [0, 0.1) is 6.92 Å². The van der Waals surface area contributed by atoms with Gasteiger partial charge in [-0.3, -0.25) is 0 Å². The number of anilines is 1. The minimum absolute atomic E-state index is 0.136. The number of rotatable bonds is 4. The maximum atomic E-state index is 11.9. The molecule has 1 aliphatic rings. The molecule has 0 amide bonds. The Bertz CT molecular complexity index is 615. The molecular weight excluding hydrogens is 288 g/mol. The van der Waals surface area contributed by atoms with Crippen LogP contribution in [0.15, 0.2) is 18.0 Å². The minimum atomic E-state index is -0.921. The number of hydrogen-bond acceptors (Lipinski definition) is 6. The average molecular weight is 308 g/mol. The van der Waals surface area contributed by atoms with Gasteiger partial charge < -0.3 is 24.5 Å². The molecule has 0 aromatic carbocycles. The van der Waals surface area contributed by atoms with Gasteiger partial charge in [0.15, 0.2) is 0 Å². The summed E-state index contributed by atoms with van der Waals surface area (Å²) in [5, 5.41) is 2.93. The van der Waals surface area contributed by atoms with Gasteiger partial charge in [0, 0.05) is 31.9 Å². The monoisotopic (exact) mass is 308 g/mol. The van der Waals surface area contributed by atoms with E-state index in [1.54, 1.807) is 33.9 Å². The summed E-state index contributed by atoms with van der Waals surface area (Å²) in [7, 11) is 0. The molecule has 1 fully saturated rings. The molecule has 7 heteroatoms. The van der Waals surface area contributed by atoms with E-state index in [1.165, 1.54) is 6.20 Å². The molecule has 1 aromatic rings. The fourth-order valence-corrected chi connectivity index (χ4v) is 2.00. The summed E-state index contributed by atoms with van der Waals surface area (Å²) < 4.78 is 15.5. The Labute approximate surface area is 128 Å². The summed E-state index contributed by atoms with van der Waals surface area (Å²) in [6, 6.07) is 0. The third-order valence-electron chi connectivity index (χ3n) is 3.13. The summed E-state index contributed by atoms with van der Waals surface area (Å²) in [5.74, 6) is -1.80. The summed E-state index contributed by atoms with van der Waals surface area (Å²) >= 11 is 0. The van der Waals surface area contributed by atoms with Crippen LogP contribution in [0.2, 0.25) is 0 Å². The molecule has 2 N–H and O–H groups in total. The van der Waals surface area contributed by atoms with Crippen molar-refractivity contribution in [3.05, 3.63) is 29.2 Å². The lowest BCUT2D eigenvalue weighted by Gasteiger charge is -2.30. The first-order valence-corrected chi connectivity index (χ1v) is 7.02. The molecule has 1 aliphatic heterocycles. The third kappa shape index (κ3) is 3.48. The number of ether oxygens (including phenoxy) is 3. The van der Waals surface area contributed by atoms with Gasteiger partial charge in [-0.1, -0.05) is 0 Å². The van der Waals surface area contributed by atoms with E-state index in [-0.39, 0.29) is 6.61 Å². The fraction of sp³-hybridized carbons (Fsp3) is 0.467. The molecule has 7 nitrogen and oxygen atoms in total. The normalized spacial score (nSPS) is 18.9. The number of aromatic amines is 1. The van der Waals surface area contributed by atoms with Crippen molar-refractivity contribution in [3.8, 4) is 0 Å². The van der Waals surface area contributed by atoms with E-state index in [0.29, 0.717) is 29.1 Å². The molecule has 0 radical (unpaired) electrons. The van der Waals surface area contributed by atoms with Crippen LogP contribution in [0.4, 0.5) is 5.69 Å². The maximum Gasteiger partial charge on any atom is 0.342 e. The van der Waals surface area contributed by atoms with Crippen LogP contribution < -0.4 is 5.32 Å². The lowest BCUT2D eigenvalue weighted by molar-refractivity contribution is -0.223. The zero-order valence-electron chi connectivity index (χ0n) is 13.1. The van der Waals surface area contributed by atoms with E-state index in [2.05, 4.69) is 10.3 Å². The van der Waals surface area contributed by atoms with E-state index in [9.17, 15) is 9.59 Å². The number of aryl methyl sites for hydroxylation is 1. The van der Waals surface area contributed by atoms with Gasteiger partial charge in [-0.05, 0) is 13.8 Å². The lowest BCUT2D eigenvalue weighted by atomic mass is 10.2. The lowest BCUT2D eigenvalue weighted by Crippen LogP contribution is -2.38. The van der Waals surface area contributed by atoms with Gasteiger partial charge in [-0.25, -0.2) is 9.59 Å². The van der Waals surface area contributed by atoms with Gasteiger partial charge >= 0.3 is 11.9 Å². The SMILES string of the molecule is CCOC(=O)c1c(N/C=C2\COC(C)(C)OC2=O)c[nH]c1C. The third-order valence-corrected chi connectivity index (χ3v) is 3.13. The Hall–Kier alpha value is -2.28. The van der Waals surface area contributed by atoms with Gasteiger partial charge in [0.05, 0.1) is 24.5 Å². The Morgan fingerprint density at radius 1 is 1.55 bits per heavy atom. The highest BCUT2D eigenvalue weighted by Gasteiger charge is 2.32. The number of esters is 2. The van der Waals surface area contributed by atoms with Gasteiger partial charge in [0.2, 0.25) is 5.79 Å². The smallest absolute Gasteiger partial charge is 0.342 e. The van der Waals surface area contributed by atoms with Crippen molar-refractivity contribution < 1.29 is 23.8 Å². The molecule has 0 atom stereocenters. The van der Waals surface area contributed by atoms with E-state index in [0.717, 1.165) is 0 Å². The molecular formula is C15H20N2O5. The van der Waals surface area contributed by atoms with Crippen molar-refractivity contribution in [3.63, 3.8) is 0 Å². The Morgan fingerprint density at radius 2 is 2.27 bits per heavy atom. The first kappa shape index (κ1) is 16.1. The van der Waals surface area contributed by atoms with Crippen molar-refractivity contribution in [1.82, 2.24) is 4.98 Å². The molecule has 120 valence electrons. The summed E-state index contributed by atoms with van der Waals surface area (Å²) in [6.45, 7) is 7.28. The molecule has 1 aromatic heterocycles. The Morgan fingerprint density at radius 3 is 2.91 bits per heavy atom. The quantitative estimate of drug-likeness (QED) is 0.654. The molecule has 2 heterocycles. The topological polar surface area (TPSA) is 89.7 Å². The van der Waals surface area contributed by atoms with Crippen molar-refractivity contribution >= 4 is 17.6 Å². The number of nitrogens with one attached hydrogen (secondary N) is 2. The van der Waals surface area contributed by atoms with Crippen LogP contribution in [0.25, 0.3) is 0 Å². The van der Waals surface area contributed by atoms with Crippen molar-refractivity contribution in [2.24, 2.45) is 0 Å². The Kier molecular flexibility index (Phi) is 4.56. The van der Waals surface area contributed by atoms with Crippen molar-refractivity contribution in [2.45, 2.75) is 33.5 Å². The van der Waals surface area contributed by atoms with Gasteiger partial charge in [0.1, 0.15) is 5.56 Å². The summed E-state index contributed by atoms with van der Waals surface area (Å²) in [6.07, 6.45) is 3.11. The van der Waals surface area contributed by atoms with Crippen LogP contribution in [-0.2, 0) is 19.0 Å². The molecule has 22 heavy (non-hydrogen) atoms. The first-order valence-electron chi connectivity index (χ1n) is 7.02. The van der Waals surface area contributed by atoms with E-state index in [4.69, 9.17) is 14.2 Å². The molecule has 0 saturated carbocycles. The average Bonchev–Trinajstić information content (AvgIpc) is 2.78. The second kappa shape index (κ2) is 6.23. The summed E-state index contributed by atoms with van der Waals surface area (Å²) in [5.41, 5.74) is 1.96. The highest BCUT2D eigenvalue weighted by atomic mass is 16.7. The van der Waals surface area contributed by atoms with Crippen molar-refractivity contribution in [1.29, 1.82) is 0 Å². The van der Waals surface area contributed by atoms with E-state index in [1.807, 2.05) is 0 Å². The number of aromatic nitrogens is 1. The first-order chi connectivity index (χ1) is 10.3. The predicted molar refractivity (Wildman–Crippen MR) is 79.3 cm³/mol. The maximum absolute atomic E-state index is 11.9. The molecule has 2 rings (SSSR count). The van der Waals surface area contributed by atoms with E-state index < -0.39 is 17.7 Å². The standard InChI is InChI=1S/C15H20N2O5/c1-5-20-14(19)12-9(2)16-7-11(12)17-6-10-8-21-15(3,4)22-13(10)18/h6-7,16-17H,5,8H2,1-4H3/b10-6+. The van der Waals surface area contributed by atoms with Crippen LogP contribution in [-0.4, -0.2) is 35.9 Å². The molecule has 0 spiro atoms. The molecule has 1 saturated heterocycles. The largest absolute Gasteiger partial charge is 0.462 e. The van der Waals surface area contributed by atoms with Crippen LogP contribution in [0.5, 0.6) is 0 Å². The second-order valence-corrected chi connectivity index (χ2v) is 5.31. The number of H-pyrrole nitrogens is 1. The minimum Gasteiger partial charge on any atom is -0.462 e. The molecule has 0 bridgehead atoms. The number of carbonyl (C=O) groups excluding carboxylic acids is 2. The fourth-order valence-electron chi connectivity index (χ4n) is 2.00. The highest BCUT2D eigenvalue weighted by molar-refractivity contribution is 5.97. The van der Waals surface area contributed by atoms with Crippen LogP contribution >= 0.6 is 0 Å². The second-order valence-electron chi connectivity index (χ2n) is 5.31. The van der Waals surface area contributed by atoms with Gasteiger partial charge in [-0.15, -0.1) is 0 Å². The van der Waals surface area contributed by atoms with Gasteiger partial charge in [0.25, 0.3) is 0 Å². The summed E-state index contributed by atoms with van der Waals surface area (Å²) in [4.78, 5) is 26.7. The van der Waals surface area contributed by atoms with Crippen LogP contribution in [0.3, 0.4) is 0 Å². The van der Waals surface area contributed by atoms with Crippen LogP contribution in [0.1, 0.15) is 36.8 Å². The van der Waals surface area contributed by atoms with Gasteiger partial charge in [-0.2, -0.15) is 0 Å². The number of hydrogen-bond donors (Lipinski definition) is 2. The zero-order valence-corrected chi connectivity index (χ0v) is 13.1. The van der Waals surface area contributed by atoms with Crippen molar-refractivity contribution in [2.75, 3.05) is 18.5 Å². The highest BCUT2D eigenvalue weighted by Crippen LogP contribution is 2.23. The molecule has 0 aliphatic carbocycles. The molecule has 0 unspecified atom stereocenters. The zero-order chi connectivity index (χ0) is 16.3. The number of carbonyl (C=O) groups is 2. The Balaban J connectivity index is 2.14. The number of cyclic esters (lactones) is 1. The predicted octanol–water partition coefficient (Wildman–Crippen LogP) is 2.11.